The van der Waals surface area contributed by atoms with Gasteiger partial charge in [-0.05, 0) is 63.3 Å². The van der Waals surface area contributed by atoms with Gasteiger partial charge in [-0.3, -0.25) is 23.9 Å². The zero-order valence-electron chi connectivity index (χ0n) is 32.5. The Morgan fingerprint density at radius 2 is 1.72 bits per heavy atom. The molecule has 54 heavy (non-hydrogen) atoms. The number of hydrogen-bond donors (Lipinski definition) is 3. The molecular weight excluding hydrogens is 692 g/mol. The molecule has 290 valence electrons. The summed E-state index contributed by atoms with van der Waals surface area (Å²) < 4.78 is 14.0. The van der Waals surface area contributed by atoms with Crippen LogP contribution in [0.3, 0.4) is 0 Å². The highest BCUT2D eigenvalue weighted by Gasteiger charge is 2.30. The van der Waals surface area contributed by atoms with Gasteiger partial charge in [-0.2, -0.15) is 10.2 Å². The number of amides is 4. The van der Waals surface area contributed by atoms with Crippen LogP contribution in [0.15, 0.2) is 24.3 Å². The zero-order valence-corrected chi connectivity index (χ0v) is 32.5. The summed E-state index contributed by atoms with van der Waals surface area (Å²) in [5, 5.41) is 18.8. The monoisotopic (exact) mass is 744 g/mol. The molecule has 0 unspecified atom stereocenters. The van der Waals surface area contributed by atoms with Crippen molar-refractivity contribution in [3.05, 3.63) is 58.4 Å². The molecule has 0 saturated carbocycles. The fourth-order valence-electron chi connectivity index (χ4n) is 6.75. The molecule has 1 aliphatic rings. The number of aryl methyl sites for hydroxylation is 3. The van der Waals surface area contributed by atoms with Crippen LogP contribution in [0.25, 0.3) is 11.0 Å². The first-order valence-corrected chi connectivity index (χ1v) is 18.4. The normalized spacial score (nSPS) is 18.5. The van der Waals surface area contributed by atoms with Crippen molar-refractivity contribution in [2.75, 3.05) is 33.9 Å². The molecule has 0 bridgehead atoms. The lowest BCUT2D eigenvalue weighted by Gasteiger charge is -2.26. The minimum Gasteiger partial charge on any atom is -0.493 e. The van der Waals surface area contributed by atoms with E-state index in [2.05, 4.69) is 31.1 Å². The van der Waals surface area contributed by atoms with Crippen molar-refractivity contribution in [3.8, 4) is 11.5 Å². The molecule has 1 aromatic carbocycles. The van der Waals surface area contributed by atoms with Gasteiger partial charge < -0.3 is 30.3 Å². The largest absolute Gasteiger partial charge is 0.493 e. The molecular formula is C38H52N10O6. The Morgan fingerprint density at radius 3 is 2.44 bits per heavy atom. The number of benzene rings is 1. The van der Waals surface area contributed by atoms with Crippen LogP contribution in [-0.2, 0) is 34.4 Å². The van der Waals surface area contributed by atoms with Crippen molar-refractivity contribution >= 4 is 34.7 Å². The number of rotatable bonds is 7. The van der Waals surface area contributed by atoms with Gasteiger partial charge in [-0.25, -0.2) is 14.6 Å². The van der Waals surface area contributed by atoms with E-state index >= 15 is 0 Å². The van der Waals surface area contributed by atoms with Gasteiger partial charge in [0.25, 0.3) is 5.91 Å². The maximum absolute atomic E-state index is 14.2. The first-order chi connectivity index (χ1) is 25.8. The molecule has 1 aliphatic heterocycles. The number of carbonyl (C=O) groups is 4. The zero-order chi connectivity index (χ0) is 39.1. The van der Waals surface area contributed by atoms with E-state index in [1.165, 1.54) is 4.68 Å². The Labute approximate surface area is 315 Å². The summed E-state index contributed by atoms with van der Waals surface area (Å²) in [4.78, 5) is 65.7. The van der Waals surface area contributed by atoms with Gasteiger partial charge >= 0.3 is 0 Å². The first kappa shape index (κ1) is 39.7. The molecule has 16 heteroatoms. The number of carbonyl (C=O) groups excluding carboxylic acids is 4. The van der Waals surface area contributed by atoms with Crippen molar-refractivity contribution < 1.29 is 28.7 Å². The van der Waals surface area contributed by atoms with Gasteiger partial charge in [0, 0.05) is 45.2 Å². The summed E-state index contributed by atoms with van der Waals surface area (Å²) in [6.45, 7) is 10.1. The van der Waals surface area contributed by atoms with Gasteiger partial charge in [-0.1, -0.05) is 26.3 Å². The lowest BCUT2D eigenvalue weighted by atomic mass is 9.97. The van der Waals surface area contributed by atoms with E-state index < -0.39 is 12.1 Å². The van der Waals surface area contributed by atoms with Crippen LogP contribution in [0, 0.1) is 19.8 Å². The van der Waals surface area contributed by atoms with E-state index in [1.54, 1.807) is 49.9 Å². The highest BCUT2D eigenvalue weighted by atomic mass is 16.5. The van der Waals surface area contributed by atoms with Crippen molar-refractivity contribution in [3.63, 3.8) is 0 Å². The fourth-order valence-corrected chi connectivity index (χ4v) is 6.75. The molecule has 4 heterocycles. The second-order valence-electron chi connectivity index (χ2n) is 13.9. The molecule has 3 atom stereocenters. The number of aromatic nitrogens is 6. The number of methoxy groups -OCH3 is 2. The second kappa shape index (κ2) is 17.5. The smallest absolute Gasteiger partial charge is 0.254 e. The summed E-state index contributed by atoms with van der Waals surface area (Å²) >= 11 is 0. The summed E-state index contributed by atoms with van der Waals surface area (Å²) in [5.41, 5.74) is 3.35. The first-order valence-electron chi connectivity index (χ1n) is 18.4. The minimum absolute atomic E-state index is 0.112. The molecule has 0 fully saturated rings. The van der Waals surface area contributed by atoms with Gasteiger partial charge in [0.15, 0.2) is 23.0 Å². The summed E-state index contributed by atoms with van der Waals surface area (Å²) in [5.74, 6) is 0.673. The van der Waals surface area contributed by atoms with Crippen LogP contribution >= 0.6 is 0 Å². The number of ether oxygens (including phenoxy) is 2. The van der Waals surface area contributed by atoms with Crippen molar-refractivity contribution in [1.82, 2.24) is 50.4 Å². The van der Waals surface area contributed by atoms with Crippen molar-refractivity contribution in [1.29, 1.82) is 0 Å². The second-order valence-corrected chi connectivity index (χ2v) is 13.9. The van der Waals surface area contributed by atoms with Gasteiger partial charge in [0.1, 0.15) is 18.4 Å². The van der Waals surface area contributed by atoms with Crippen LogP contribution < -0.4 is 25.4 Å². The molecule has 3 N–H and O–H groups in total. The molecule has 0 spiro atoms. The summed E-state index contributed by atoms with van der Waals surface area (Å²) in [6.07, 6.45) is 1.94. The summed E-state index contributed by atoms with van der Waals surface area (Å²) in [6, 6.07) is 5.85. The average molecular weight is 745 g/mol. The van der Waals surface area contributed by atoms with E-state index in [1.807, 2.05) is 39.8 Å². The maximum Gasteiger partial charge on any atom is 0.254 e. The molecule has 16 nitrogen and oxygen atoms in total. The maximum atomic E-state index is 14.2. The third kappa shape index (κ3) is 9.15. The Kier molecular flexibility index (Phi) is 12.9. The highest BCUT2D eigenvalue weighted by molar-refractivity contribution is 6.06. The molecule has 0 radical (unpaired) electrons. The van der Waals surface area contributed by atoms with Crippen LogP contribution in [0.1, 0.15) is 91.5 Å². The molecule has 4 amide bonds. The third-order valence-electron chi connectivity index (χ3n) is 9.78. The average Bonchev–Trinajstić information content (AvgIpc) is 3.67. The molecule has 0 saturated heterocycles. The van der Waals surface area contributed by atoms with Crippen molar-refractivity contribution in [2.24, 2.45) is 13.0 Å². The molecule has 5 rings (SSSR count). The molecule has 4 aromatic rings. The van der Waals surface area contributed by atoms with E-state index in [4.69, 9.17) is 14.5 Å². The number of fused-ring (bicyclic) bond motifs is 2. The fraction of sp³-hybridized carbons (Fsp3) is 0.526. The number of nitrogens with zero attached hydrogens (tertiary/aromatic N) is 7. The lowest BCUT2D eigenvalue weighted by molar-refractivity contribution is -0.130. The third-order valence-corrected chi connectivity index (χ3v) is 9.78. The topological polar surface area (TPSA) is 187 Å². The van der Waals surface area contributed by atoms with Crippen LogP contribution in [0.2, 0.25) is 0 Å². The Bertz CT molecular complexity index is 2010. The van der Waals surface area contributed by atoms with Crippen LogP contribution in [0.5, 0.6) is 11.5 Å². The number of pyridine rings is 1. The van der Waals surface area contributed by atoms with Gasteiger partial charge in [-0.15, -0.1) is 0 Å². The minimum atomic E-state index is -0.811. The Morgan fingerprint density at radius 1 is 0.981 bits per heavy atom. The van der Waals surface area contributed by atoms with E-state index in [9.17, 15) is 19.2 Å². The van der Waals surface area contributed by atoms with E-state index in [-0.39, 0.29) is 42.5 Å². The lowest BCUT2D eigenvalue weighted by Crippen LogP contribution is -2.51. The SMILES string of the molecule is CC[C@H](C)[C@@H]1NC(=O)CCCN(C(=O)c2cc(C)nc3c2c(C)nn3C)CCCNC(=O)Cn2nc(Cc3ccc(OC)c(OC)c3)nc2[C@@H](C)NC1=O. The van der Waals surface area contributed by atoms with Crippen LogP contribution in [-0.4, -0.2) is 98.0 Å². The Hall–Kier alpha value is -5.54. The van der Waals surface area contributed by atoms with Gasteiger partial charge in [0.2, 0.25) is 17.7 Å². The predicted octanol–water partition coefficient (Wildman–Crippen LogP) is 2.94. The van der Waals surface area contributed by atoms with E-state index in [0.717, 1.165) is 5.56 Å². The number of nitrogens with one attached hydrogen (secondary N) is 3. The predicted molar refractivity (Wildman–Crippen MR) is 201 cm³/mol. The highest BCUT2D eigenvalue weighted by Crippen LogP contribution is 2.29. The molecule has 0 aliphatic carbocycles. The Balaban J connectivity index is 1.42. The van der Waals surface area contributed by atoms with Crippen molar-refractivity contribution in [2.45, 2.75) is 85.4 Å². The summed E-state index contributed by atoms with van der Waals surface area (Å²) in [7, 11) is 4.92. The quantitative estimate of drug-likeness (QED) is 0.254. The number of hydrogen-bond acceptors (Lipinski definition) is 10. The van der Waals surface area contributed by atoms with Gasteiger partial charge in [0.05, 0.1) is 36.9 Å². The molecule has 3 aromatic heterocycles. The standard InChI is InChI=1S/C38H52N10O6/c1-9-22(2)34-37(51)41-25(5)35-42-30(20-26-13-14-28(53-7)29(19-26)54-8)45-48(35)21-32(50)39-15-11-17-47(16-10-12-31(49)43-34)38(52)27-18-23(3)40-36-33(27)24(4)44-46(36)6/h13-14,18-19,22,25,34H,9-12,15-17,20-21H2,1-8H3,(H,39,50)(H,41,51)(H,43,49)/t22-,25+,34-/m0/s1. The van der Waals surface area contributed by atoms with Crippen LogP contribution in [0.4, 0.5) is 0 Å². The van der Waals surface area contributed by atoms with E-state index in [0.29, 0.717) is 96.5 Å².